The summed E-state index contributed by atoms with van der Waals surface area (Å²) in [4.78, 5) is 13.9. The third-order valence-electron chi connectivity index (χ3n) is 3.51. The molecule has 1 unspecified atom stereocenters. The second-order valence-corrected chi connectivity index (χ2v) is 7.35. The van der Waals surface area contributed by atoms with Crippen molar-refractivity contribution in [3.05, 3.63) is 47.5 Å². The van der Waals surface area contributed by atoms with Gasteiger partial charge in [-0.3, -0.25) is 9.69 Å². The van der Waals surface area contributed by atoms with E-state index in [9.17, 15) is 9.18 Å². The molecule has 22 heavy (non-hydrogen) atoms. The van der Waals surface area contributed by atoms with Crippen LogP contribution in [-0.2, 0) is 10.2 Å². The molecular weight excluding hydrogens is 303 g/mol. The van der Waals surface area contributed by atoms with Crippen LogP contribution >= 0.6 is 11.8 Å². The van der Waals surface area contributed by atoms with Crippen LogP contribution in [0.5, 0.6) is 0 Å². The lowest BCUT2D eigenvalue weighted by molar-refractivity contribution is -0.115. The molecule has 1 fully saturated rings. The van der Waals surface area contributed by atoms with Crippen molar-refractivity contribution >= 4 is 23.5 Å². The Morgan fingerprint density at radius 3 is 2.59 bits per heavy atom. The van der Waals surface area contributed by atoms with E-state index in [1.54, 1.807) is 23.1 Å². The van der Waals surface area contributed by atoms with Gasteiger partial charge in [-0.25, -0.2) is 4.39 Å². The Kier molecular flexibility index (Phi) is 3.72. The number of rotatable bonds is 2. The number of amides is 1. The van der Waals surface area contributed by atoms with Gasteiger partial charge in [0.15, 0.2) is 5.82 Å². The quantitative estimate of drug-likeness (QED) is 0.842. The van der Waals surface area contributed by atoms with Gasteiger partial charge in [0.25, 0.3) is 0 Å². The van der Waals surface area contributed by atoms with Crippen molar-refractivity contribution in [1.82, 2.24) is 5.16 Å². The van der Waals surface area contributed by atoms with E-state index in [0.717, 1.165) is 11.3 Å². The number of anilines is 1. The smallest absolute Gasteiger partial charge is 0.239 e. The summed E-state index contributed by atoms with van der Waals surface area (Å²) in [6.07, 6.45) is 0. The van der Waals surface area contributed by atoms with E-state index in [1.807, 2.05) is 20.8 Å². The van der Waals surface area contributed by atoms with Crippen molar-refractivity contribution in [2.75, 3.05) is 10.7 Å². The van der Waals surface area contributed by atoms with E-state index < -0.39 is 0 Å². The van der Waals surface area contributed by atoms with Gasteiger partial charge in [-0.05, 0) is 17.7 Å². The number of thioether (sulfide) groups is 1. The number of halogens is 1. The van der Waals surface area contributed by atoms with Gasteiger partial charge in [0.1, 0.15) is 17.0 Å². The van der Waals surface area contributed by atoms with Gasteiger partial charge in [0.2, 0.25) is 5.91 Å². The lowest BCUT2D eigenvalue weighted by Crippen LogP contribution is -2.28. The van der Waals surface area contributed by atoms with Crippen LogP contribution in [0.3, 0.4) is 0 Å². The molecule has 2 aromatic rings. The molecule has 0 radical (unpaired) electrons. The topological polar surface area (TPSA) is 46.3 Å². The molecule has 1 amide bonds. The lowest BCUT2D eigenvalue weighted by atomic mass is 9.93. The first-order valence-corrected chi connectivity index (χ1v) is 8.07. The summed E-state index contributed by atoms with van der Waals surface area (Å²) in [5, 5.41) is 3.85. The molecule has 0 aliphatic carbocycles. The Morgan fingerprint density at radius 1 is 1.32 bits per heavy atom. The fourth-order valence-electron chi connectivity index (χ4n) is 2.28. The zero-order valence-corrected chi connectivity index (χ0v) is 13.5. The summed E-state index contributed by atoms with van der Waals surface area (Å²) >= 11 is 1.50. The summed E-state index contributed by atoms with van der Waals surface area (Å²) in [6.45, 7) is 6.07. The van der Waals surface area contributed by atoms with Gasteiger partial charge >= 0.3 is 0 Å². The van der Waals surface area contributed by atoms with Gasteiger partial charge in [-0.1, -0.05) is 38.1 Å². The molecule has 1 aromatic heterocycles. The minimum atomic E-state index is -0.291. The summed E-state index contributed by atoms with van der Waals surface area (Å²) in [5.41, 5.74) is 0.699. The highest BCUT2D eigenvalue weighted by Gasteiger charge is 2.36. The number of nitrogens with zero attached hydrogens (tertiary/aromatic N) is 2. The maximum atomic E-state index is 13.1. The predicted molar refractivity (Wildman–Crippen MR) is 84.3 cm³/mol. The monoisotopic (exact) mass is 320 g/mol. The lowest BCUT2D eigenvalue weighted by Gasteiger charge is -2.21. The normalized spacial score (nSPS) is 19.0. The van der Waals surface area contributed by atoms with Crippen LogP contribution in [0, 0.1) is 5.82 Å². The predicted octanol–water partition coefficient (Wildman–Crippen LogP) is 3.89. The maximum absolute atomic E-state index is 13.1. The van der Waals surface area contributed by atoms with E-state index in [0.29, 0.717) is 11.6 Å². The van der Waals surface area contributed by atoms with Crippen LogP contribution in [0.1, 0.15) is 37.5 Å². The zero-order chi connectivity index (χ0) is 15.9. The molecule has 3 rings (SSSR count). The molecule has 4 nitrogen and oxygen atoms in total. The number of benzene rings is 1. The second kappa shape index (κ2) is 5.43. The van der Waals surface area contributed by atoms with Crippen molar-refractivity contribution in [1.29, 1.82) is 0 Å². The summed E-state index contributed by atoms with van der Waals surface area (Å²) in [6, 6.07) is 8.01. The summed E-state index contributed by atoms with van der Waals surface area (Å²) in [5.74, 6) is 1.30. The van der Waals surface area contributed by atoms with Crippen molar-refractivity contribution in [3.8, 4) is 0 Å². The highest BCUT2D eigenvalue weighted by Crippen LogP contribution is 2.42. The molecule has 1 saturated heterocycles. The molecule has 1 aromatic carbocycles. The molecule has 0 N–H and O–H groups in total. The Balaban J connectivity index is 1.94. The van der Waals surface area contributed by atoms with Crippen LogP contribution in [0.4, 0.5) is 10.2 Å². The molecule has 1 aliphatic rings. The van der Waals surface area contributed by atoms with Gasteiger partial charge in [0, 0.05) is 11.5 Å². The standard InChI is InChI=1S/C16H17FN2O2S/c1-16(2,3)12-8-13(18-21-12)19-14(20)9-22-15(19)10-4-6-11(17)7-5-10/h4-8,15H,9H2,1-3H3. The molecule has 0 bridgehead atoms. The summed E-state index contributed by atoms with van der Waals surface area (Å²) < 4.78 is 18.5. The van der Waals surface area contributed by atoms with Crippen LogP contribution < -0.4 is 4.90 Å². The average Bonchev–Trinajstić information content (AvgIpc) is 3.05. The van der Waals surface area contributed by atoms with Crippen molar-refractivity contribution in [2.24, 2.45) is 0 Å². The first-order chi connectivity index (χ1) is 10.4. The Bertz CT molecular complexity index is 691. The molecular formula is C16H17FN2O2S. The molecule has 6 heteroatoms. The SMILES string of the molecule is CC(C)(C)c1cc(N2C(=O)CSC2c2ccc(F)cc2)no1. The van der Waals surface area contributed by atoms with Crippen LogP contribution in [0.15, 0.2) is 34.9 Å². The van der Waals surface area contributed by atoms with Crippen LogP contribution in [0.2, 0.25) is 0 Å². The van der Waals surface area contributed by atoms with Gasteiger partial charge in [0.05, 0.1) is 5.75 Å². The van der Waals surface area contributed by atoms with E-state index in [1.165, 1.54) is 23.9 Å². The Morgan fingerprint density at radius 2 is 2.00 bits per heavy atom. The van der Waals surface area contributed by atoms with Gasteiger partial charge < -0.3 is 4.52 Å². The number of carbonyl (C=O) groups is 1. The van der Waals surface area contributed by atoms with Gasteiger partial charge in [-0.15, -0.1) is 11.8 Å². The van der Waals surface area contributed by atoms with E-state index in [2.05, 4.69) is 5.16 Å². The third-order valence-corrected chi connectivity index (χ3v) is 4.72. The van der Waals surface area contributed by atoms with E-state index in [4.69, 9.17) is 4.52 Å². The van der Waals surface area contributed by atoms with Crippen molar-refractivity contribution in [3.63, 3.8) is 0 Å². The third kappa shape index (κ3) is 2.75. The first kappa shape index (κ1) is 15.1. The summed E-state index contributed by atoms with van der Waals surface area (Å²) in [7, 11) is 0. The Labute approximate surface area is 132 Å². The fraction of sp³-hybridized carbons (Fsp3) is 0.375. The van der Waals surface area contributed by atoms with E-state index >= 15 is 0 Å². The van der Waals surface area contributed by atoms with Crippen molar-refractivity contribution < 1.29 is 13.7 Å². The minimum Gasteiger partial charge on any atom is -0.359 e. The molecule has 1 aliphatic heterocycles. The average molecular weight is 320 g/mol. The molecule has 2 heterocycles. The highest BCUT2D eigenvalue weighted by atomic mass is 32.2. The highest BCUT2D eigenvalue weighted by molar-refractivity contribution is 8.00. The molecule has 116 valence electrons. The number of aromatic nitrogens is 1. The molecule has 1 atom stereocenters. The van der Waals surface area contributed by atoms with Gasteiger partial charge in [-0.2, -0.15) is 0 Å². The van der Waals surface area contributed by atoms with Crippen molar-refractivity contribution in [2.45, 2.75) is 31.6 Å². The fourth-order valence-corrected chi connectivity index (χ4v) is 3.44. The number of hydrogen-bond donors (Lipinski definition) is 0. The van der Waals surface area contributed by atoms with Crippen LogP contribution in [-0.4, -0.2) is 16.8 Å². The molecule has 0 saturated carbocycles. The maximum Gasteiger partial charge on any atom is 0.239 e. The van der Waals surface area contributed by atoms with Crippen LogP contribution in [0.25, 0.3) is 0 Å². The number of hydrogen-bond acceptors (Lipinski definition) is 4. The minimum absolute atomic E-state index is 0.0203. The largest absolute Gasteiger partial charge is 0.359 e. The Hall–Kier alpha value is -1.82. The number of carbonyl (C=O) groups excluding carboxylic acids is 1. The second-order valence-electron chi connectivity index (χ2n) is 6.28. The molecule has 0 spiro atoms. The first-order valence-electron chi connectivity index (χ1n) is 7.02. The zero-order valence-electron chi connectivity index (χ0n) is 12.7. The van der Waals surface area contributed by atoms with E-state index in [-0.39, 0.29) is 22.5 Å².